The molecule has 0 saturated carbocycles. The van der Waals surface area contributed by atoms with Crippen LogP contribution in [-0.2, 0) is 4.79 Å². The molecule has 0 unspecified atom stereocenters. The van der Waals surface area contributed by atoms with Crippen LogP contribution in [0.1, 0.15) is 49.4 Å². The molecule has 2 aliphatic rings. The summed E-state index contributed by atoms with van der Waals surface area (Å²) in [7, 11) is 0. The molecule has 0 spiro atoms. The molecule has 1 aromatic carbocycles. The van der Waals surface area contributed by atoms with E-state index < -0.39 is 0 Å². The molecule has 2 heterocycles. The third kappa shape index (κ3) is 4.18. The molecule has 6 heteroatoms. The topological polar surface area (TPSA) is 69.7 Å². The minimum absolute atomic E-state index is 0.0282. The van der Waals surface area contributed by atoms with E-state index in [0.29, 0.717) is 30.8 Å². The number of benzene rings is 1. The van der Waals surface area contributed by atoms with Gasteiger partial charge in [0.1, 0.15) is 0 Å². The van der Waals surface area contributed by atoms with Crippen LogP contribution in [0.3, 0.4) is 0 Å². The van der Waals surface area contributed by atoms with Crippen molar-refractivity contribution in [1.29, 1.82) is 0 Å². The average molecular weight is 343 g/mol. The van der Waals surface area contributed by atoms with Gasteiger partial charge in [0.2, 0.25) is 5.91 Å². The van der Waals surface area contributed by atoms with E-state index in [4.69, 9.17) is 0 Å². The van der Waals surface area contributed by atoms with Gasteiger partial charge in [0.05, 0.1) is 6.04 Å². The number of piperidine rings is 1. The molecule has 3 rings (SSSR count). The Morgan fingerprint density at radius 3 is 2.76 bits per heavy atom. The number of nitrogens with one attached hydrogen (secondary N) is 1. The van der Waals surface area contributed by atoms with E-state index in [1.165, 1.54) is 6.92 Å². The Labute approximate surface area is 148 Å². The van der Waals surface area contributed by atoms with Gasteiger partial charge in [-0.3, -0.25) is 9.59 Å². The van der Waals surface area contributed by atoms with Crippen LogP contribution in [0.15, 0.2) is 24.3 Å². The Morgan fingerprint density at radius 1 is 1.20 bits per heavy atom. The van der Waals surface area contributed by atoms with Gasteiger partial charge in [0.25, 0.3) is 0 Å². The maximum Gasteiger partial charge on any atom is 0.322 e. The molecule has 0 radical (unpaired) electrons. The number of ketones is 1. The van der Waals surface area contributed by atoms with Crippen molar-refractivity contribution in [3.05, 3.63) is 29.8 Å². The van der Waals surface area contributed by atoms with Crippen molar-refractivity contribution >= 4 is 23.4 Å². The maximum absolute atomic E-state index is 12.7. The van der Waals surface area contributed by atoms with Gasteiger partial charge >= 0.3 is 6.03 Å². The van der Waals surface area contributed by atoms with Gasteiger partial charge in [-0.2, -0.15) is 0 Å². The summed E-state index contributed by atoms with van der Waals surface area (Å²) in [5.41, 5.74) is 1.20. The molecule has 25 heavy (non-hydrogen) atoms. The van der Waals surface area contributed by atoms with Crippen molar-refractivity contribution in [2.24, 2.45) is 0 Å². The zero-order valence-electron chi connectivity index (χ0n) is 14.7. The number of carbonyl (C=O) groups is 3. The number of likely N-dealkylation sites (tertiary alicyclic amines) is 2. The van der Waals surface area contributed by atoms with Crippen molar-refractivity contribution in [2.75, 3.05) is 25.0 Å². The Kier molecular flexibility index (Phi) is 5.36. The van der Waals surface area contributed by atoms with E-state index in [1.807, 2.05) is 9.80 Å². The van der Waals surface area contributed by atoms with Crippen LogP contribution in [0.2, 0.25) is 0 Å². The standard InChI is InChI=1S/C19H25N3O3/c1-14(23)15-6-4-7-16(12-15)20-19(25)22-11-3-2-8-17(22)13-21-10-5-9-18(21)24/h4,6-7,12,17H,2-3,5,8-11,13H2,1H3,(H,20,25)/t17-/m0/s1. The third-order valence-electron chi connectivity index (χ3n) is 5.01. The molecule has 3 amide bonds. The van der Waals surface area contributed by atoms with Crippen molar-refractivity contribution < 1.29 is 14.4 Å². The zero-order valence-corrected chi connectivity index (χ0v) is 14.7. The second-order valence-corrected chi connectivity index (χ2v) is 6.85. The minimum atomic E-state index is -0.156. The van der Waals surface area contributed by atoms with Crippen LogP contribution in [0, 0.1) is 0 Å². The quantitative estimate of drug-likeness (QED) is 0.855. The first kappa shape index (κ1) is 17.5. The first-order valence-corrected chi connectivity index (χ1v) is 9.01. The summed E-state index contributed by atoms with van der Waals surface area (Å²) >= 11 is 0. The van der Waals surface area contributed by atoms with E-state index in [0.717, 1.165) is 32.2 Å². The van der Waals surface area contributed by atoms with Gasteiger partial charge in [-0.05, 0) is 44.7 Å². The van der Waals surface area contributed by atoms with Crippen LogP contribution in [0.4, 0.5) is 10.5 Å². The molecule has 0 aromatic heterocycles. The lowest BCUT2D eigenvalue weighted by molar-refractivity contribution is -0.128. The van der Waals surface area contributed by atoms with Crippen molar-refractivity contribution in [3.8, 4) is 0 Å². The molecule has 2 aliphatic heterocycles. The maximum atomic E-state index is 12.7. The Bertz CT molecular complexity index is 674. The monoisotopic (exact) mass is 343 g/mol. The van der Waals surface area contributed by atoms with Gasteiger partial charge in [-0.15, -0.1) is 0 Å². The van der Waals surface area contributed by atoms with Gasteiger partial charge in [0.15, 0.2) is 5.78 Å². The zero-order chi connectivity index (χ0) is 17.8. The molecule has 6 nitrogen and oxygen atoms in total. The van der Waals surface area contributed by atoms with Gasteiger partial charge < -0.3 is 15.1 Å². The number of hydrogen-bond donors (Lipinski definition) is 1. The first-order valence-electron chi connectivity index (χ1n) is 9.01. The fourth-order valence-corrected chi connectivity index (χ4v) is 3.62. The second-order valence-electron chi connectivity index (χ2n) is 6.85. The van der Waals surface area contributed by atoms with E-state index >= 15 is 0 Å². The molecule has 1 aromatic rings. The normalized spacial score (nSPS) is 20.7. The summed E-state index contributed by atoms with van der Waals surface area (Å²) < 4.78 is 0. The molecular formula is C19H25N3O3. The van der Waals surface area contributed by atoms with Gasteiger partial charge in [-0.25, -0.2) is 4.79 Å². The smallest absolute Gasteiger partial charge is 0.322 e. The molecule has 0 bridgehead atoms. The van der Waals surface area contributed by atoms with E-state index in [9.17, 15) is 14.4 Å². The highest BCUT2D eigenvalue weighted by Crippen LogP contribution is 2.22. The van der Waals surface area contributed by atoms with Crippen LogP contribution in [0.5, 0.6) is 0 Å². The number of nitrogens with zero attached hydrogens (tertiary/aromatic N) is 2. The number of amides is 3. The van der Waals surface area contributed by atoms with E-state index in [1.54, 1.807) is 24.3 Å². The van der Waals surface area contributed by atoms with Crippen LogP contribution in [0.25, 0.3) is 0 Å². The lowest BCUT2D eigenvalue weighted by Gasteiger charge is -2.37. The predicted octanol–water partition coefficient (Wildman–Crippen LogP) is 2.90. The highest BCUT2D eigenvalue weighted by molar-refractivity contribution is 5.96. The van der Waals surface area contributed by atoms with Gasteiger partial charge in [0, 0.05) is 37.3 Å². The summed E-state index contributed by atoms with van der Waals surface area (Å²) in [5, 5.41) is 2.90. The average Bonchev–Trinajstić information content (AvgIpc) is 3.00. The third-order valence-corrected chi connectivity index (χ3v) is 5.01. The van der Waals surface area contributed by atoms with Crippen molar-refractivity contribution in [3.63, 3.8) is 0 Å². The fraction of sp³-hybridized carbons (Fsp3) is 0.526. The highest BCUT2D eigenvalue weighted by atomic mass is 16.2. The summed E-state index contributed by atoms with van der Waals surface area (Å²) in [5.74, 6) is 0.166. The lowest BCUT2D eigenvalue weighted by Crippen LogP contribution is -2.51. The number of carbonyl (C=O) groups excluding carboxylic acids is 3. The summed E-state index contributed by atoms with van der Waals surface area (Å²) in [6.07, 6.45) is 4.51. The van der Waals surface area contributed by atoms with E-state index in [2.05, 4.69) is 5.32 Å². The predicted molar refractivity (Wildman–Crippen MR) is 95.6 cm³/mol. The summed E-state index contributed by atoms with van der Waals surface area (Å²) in [6.45, 7) is 3.63. The SMILES string of the molecule is CC(=O)c1cccc(NC(=O)N2CCCC[C@H]2CN2CCCC2=O)c1. The number of hydrogen-bond acceptors (Lipinski definition) is 3. The van der Waals surface area contributed by atoms with Crippen molar-refractivity contribution in [2.45, 2.75) is 45.1 Å². The van der Waals surface area contributed by atoms with E-state index in [-0.39, 0.29) is 23.8 Å². The van der Waals surface area contributed by atoms with Gasteiger partial charge in [-0.1, -0.05) is 12.1 Å². The molecular weight excluding hydrogens is 318 g/mol. The number of urea groups is 1. The Morgan fingerprint density at radius 2 is 2.04 bits per heavy atom. The molecule has 1 atom stereocenters. The van der Waals surface area contributed by atoms with Crippen LogP contribution in [-0.4, -0.2) is 53.2 Å². The van der Waals surface area contributed by atoms with Crippen LogP contribution < -0.4 is 5.32 Å². The fourth-order valence-electron chi connectivity index (χ4n) is 3.62. The lowest BCUT2D eigenvalue weighted by atomic mass is 10.0. The molecule has 1 N–H and O–H groups in total. The Balaban J connectivity index is 1.67. The molecule has 134 valence electrons. The summed E-state index contributed by atoms with van der Waals surface area (Å²) in [4.78, 5) is 39.9. The Hall–Kier alpha value is -2.37. The number of anilines is 1. The number of rotatable bonds is 4. The molecule has 2 saturated heterocycles. The number of Topliss-reactive ketones (excluding diaryl/α,β-unsaturated/α-hetero) is 1. The second kappa shape index (κ2) is 7.68. The minimum Gasteiger partial charge on any atom is -0.341 e. The molecule has 0 aliphatic carbocycles. The summed E-state index contributed by atoms with van der Waals surface area (Å²) in [6, 6.07) is 6.89. The van der Waals surface area contributed by atoms with Crippen LogP contribution >= 0.6 is 0 Å². The molecule has 2 fully saturated rings. The first-order chi connectivity index (χ1) is 12.0. The largest absolute Gasteiger partial charge is 0.341 e. The highest BCUT2D eigenvalue weighted by Gasteiger charge is 2.31. The van der Waals surface area contributed by atoms with Crippen molar-refractivity contribution in [1.82, 2.24) is 9.80 Å².